The van der Waals surface area contributed by atoms with Gasteiger partial charge in [0.2, 0.25) is 0 Å². The van der Waals surface area contributed by atoms with Crippen molar-refractivity contribution in [2.75, 3.05) is 10.6 Å². The van der Waals surface area contributed by atoms with Crippen molar-refractivity contribution in [3.63, 3.8) is 0 Å². The fraction of sp³-hybridized carbons (Fsp3) is 0.300. The number of fused-ring (bicyclic) bond motifs is 1. The van der Waals surface area contributed by atoms with Gasteiger partial charge in [-0.05, 0) is 41.5 Å². The Bertz CT molecular complexity index is 929. The lowest BCUT2D eigenvalue weighted by Gasteiger charge is -2.33. The third-order valence-corrected chi connectivity index (χ3v) is 5.83. The van der Waals surface area contributed by atoms with Crippen LogP contribution in [0.1, 0.15) is 48.0 Å². The van der Waals surface area contributed by atoms with E-state index in [1.54, 1.807) is 29.5 Å². The molecule has 0 saturated carbocycles. The number of carboxylic acids is 1. The Kier molecular flexibility index (Phi) is 3.88. The van der Waals surface area contributed by atoms with Gasteiger partial charge in [-0.1, -0.05) is 19.9 Å². The zero-order valence-electron chi connectivity index (χ0n) is 14.6. The van der Waals surface area contributed by atoms with Crippen LogP contribution in [-0.2, 0) is 4.79 Å². The van der Waals surface area contributed by atoms with Crippen molar-refractivity contribution >= 4 is 34.5 Å². The summed E-state index contributed by atoms with van der Waals surface area (Å²) in [6.07, 6.45) is 1.25. The van der Waals surface area contributed by atoms with Gasteiger partial charge in [-0.25, -0.2) is 4.79 Å². The number of aromatic carboxylic acids is 1. The van der Waals surface area contributed by atoms with Crippen LogP contribution in [0.5, 0.6) is 0 Å². The summed E-state index contributed by atoms with van der Waals surface area (Å²) in [5, 5.41) is 18.1. The first kappa shape index (κ1) is 16.8. The summed E-state index contributed by atoms with van der Waals surface area (Å²) >= 11 is 1.61. The van der Waals surface area contributed by atoms with Crippen molar-refractivity contribution in [1.29, 1.82) is 0 Å². The van der Waals surface area contributed by atoms with Crippen LogP contribution < -0.4 is 10.6 Å². The highest BCUT2D eigenvalue weighted by Crippen LogP contribution is 2.46. The number of carbonyl (C=O) groups is 2. The highest BCUT2D eigenvalue weighted by atomic mass is 32.1. The zero-order chi connectivity index (χ0) is 18.5. The molecule has 1 atom stereocenters. The molecule has 3 N–H and O–H groups in total. The van der Waals surface area contributed by atoms with Gasteiger partial charge >= 0.3 is 5.97 Å². The van der Waals surface area contributed by atoms with Gasteiger partial charge in [-0.3, -0.25) is 4.79 Å². The minimum Gasteiger partial charge on any atom is -0.478 e. The molecule has 1 aromatic heterocycles. The molecule has 0 saturated heterocycles. The first-order valence-electron chi connectivity index (χ1n) is 8.55. The molecule has 5 nitrogen and oxygen atoms in total. The van der Waals surface area contributed by atoms with Crippen LogP contribution in [0.25, 0.3) is 0 Å². The van der Waals surface area contributed by atoms with E-state index < -0.39 is 5.97 Å². The van der Waals surface area contributed by atoms with Crippen molar-refractivity contribution in [2.24, 2.45) is 5.41 Å². The van der Waals surface area contributed by atoms with Gasteiger partial charge in [0.1, 0.15) is 0 Å². The van der Waals surface area contributed by atoms with E-state index in [1.807, 2.05) is 17.5 Å². The normalized spacial score (nSPS) is 21.2. The van der Waals surface area contributed by atoms with Crippen molar-refractivity contribution < 1.29 is 14.7 Å². The monoisotopic (exact) mass is 368 g/mol. The molecule has 134 valence electrons. The van der Waals surface area contributed by atoms with E-state index in [9.17, 15) is 14.7 Å². The zero-order valence-corrected chi connectivity index (χ0v) is 15.4. The second-order valence-electron chi connectivity index (χ2n) is 7.62. The van der Waals surface area contributed by atoms with Crippen LogP contribution >= 0.6 is 11.3 Å². The van der Waals surface area contributed by atoms with Gasteiger partial charge in [-0.2, -0.15) is 0 Å². The second-order valence-corrected chi connectivity index (χ2v) is 8.60. The lowest BCUT2D eigenvalue weighted by molar-refractivity contribution is -0.118. The average Bonchev–Trinajstić information content (AvgIpc) is 3.02. The number of thiophene rings is 1. The largest absolute Gasteiger partial charge is 0.478 e. The van der Waals surface area contributed by atoms with Crippen LogP contribution in [0.15, 0.2) is 47.0 Å². The van der Waals surface area contributed by atoms with E-state index in [2.05, 4.69) is 24.5 Å². The molecule has 1 aliphatic heterocycles. The number of nitrogens with one attached hydrogen (secondary N) is 2. The average molecular weight is 368 g/mol. The number of carboxylic acid groups (broad SMARTS) is 1. The molecular weight excluding hydrogens is 348 g/mol. The van der Waals surface area contributed by atoms with E-state index in [0.29, 0.717) is 12.1 Å². The topological polar surface area (TPSA) is 78.4 Å². The van der Waals surface area contributed by atoms with E-state index in [-0.39, 0.29) is 22.8 Å². The highest BCUT2D eigenvalue weighted by molar-refractivity contribution is 7.10. The minimum absolute atomic E-state index is 0.127. The van der Waals surface area contributed by atoms with Gasteiger partial charge < -0.3 is 15.7 Å². The number of hydrogen-bond acceptors (Lipinski definition) is 5. The summed E-state index contributed by atoms with van der Waals surface area (Å²) in [6.45, 7) is 4.17. The fourth-order valence-corrected chi connectivity index (χ4v) is 4.53. The number of benzene rings is 1. The van der Waals surface area contributed by atoms with E-state index in [4.69, 9.17) is 0 Å². The molecule has 2 aromatic rings. The smallest absolute Gasteiger partial charge is 0.335 e. The third kappa shape index (κ3) is 2.90. The minimum atomic E-state index is -0.970. The van der Waals surface area contributed by atoms with Gasteiger partial charge in [-0.15, -0.1) is 11.3 Å². The molecule has 0 amide bonds. The first-order chi connectivity index (χ1) is 12.3. The standard InChI is InChI=1S/C20H20N2O3S/c1-20(2)9-14-17(15(23)10-20)18(16-4-3-7-26-16)22-12-6-5-11(19(24)25)8-13(12)21-14/h3-8,18,21-22H,9-10H2,1-2H3,(H,24,25). The molecule has 1 aliphatic carbocycles. The first-order valence-corrected chi connectivity index (χ1v) is 9.42. The van der Waals surface area contributed by atoms with Crippen molar-refractivity contribution in [3.8, 4) is 0 Å². The van der Waals surface area contributed by atoms with Crippen LogP contribution in [-0.4, -0.2) is 16.9 Å². The Labute approximate surface area is 155 Å². The lowest BCUT2D eigenvalue weighted by atomic mass is 9.74. The maximum atomic E-state index is 13.0. The maximum Gasteiger partial charge on any atom is 0.335 e. The maximum absolute atomic E-state index is 13.0. The van der Waals surface area contributed by atoms with Gasteiger partial charge in [0.25, 0.3) is 0 Å². The molecule has 2 heterocycles. The summed E-state index contributed by atoms with van der Waals surface area (Å²) < 4.78 is 0. The van der Waals surface area contributed by atoms with Gasteiger partial charge in [0, 0.05) is 22.6 Å². The van der Waals surface area contributed by atoms with Crippen LogP contribution in [0.2, 0.25) is 0 Å². The molecular formula is C20H20N2O3S. The quantitative estimate of drug-likeness (QED) is 0.718. The number of hydrogen-bond donors (Lipinski definition) is 3. The number of Topliss-reactive ketones (excluding diaryl/α,β-unsaturated/α-hetero) is 1. The second kappa shape index (κ2) is 5.99. The summed E-state index contributed by atoms with van der Waals surface area (Å²) in [4.78, 5) is 25.4. The van der Waals surface area contributed by atoms with E-state index >= 15 is 0 Å². The number of ketones is 1. The SMILES string of the molecule is CC1(C)CC(=O)C2=C(C1)Nc1cc(C(=O)O)ccc1NC2c1cccs1. The van der Waals surface area contributed by atoms with Crippen LogP contribution in [0.4, 0.5) is 11.4 Å². The Morgan fingerprint density at radius 1 is 1.23 bits per heavy atom. The van der Waals surface area contributed by atoms with E-state index in [0.717, 1.165) is 28.3 Å². The molecule has 2 aliphatic rings. The molecule has 26 heavy (non-hydrogen) atoms. The molecule has 0 spiro atoms. The molecule has 0 fully saturated rings. The summed E-state index contributed by atoms with van der Waals surface area (Å²) in [5.74, 6) is -0.830. The van der Waals surface area contributed by atoms with Crippen molar-refractivity contribution in [3.05, 3.63) is 57.4 Å². The predicted molar refractivity (Wildman–Crippen MR) is 103 cm³/mol. The Morgan fingerprint density at radius 2 is 2.04 bits per heavy atom. The summed E-state index contributed by atoms with van der Waals surface area (Å²) in [5.41, 5.74) is 3.24. The Hall–Kier alpha value is -2.60. The molecule has 6 heteroatoms. The van der Waals surface area contributed by atoms with Crippen LogP contribution in [0.3, 0.4) is 0 Å². The highest BCUT2D eigenvalue weighted by Gasteiger charge is 2.39. The molecule has 1 aromatic carbocycles. The number of allylic oxidation sites excluding steroid dienone is 1. The number of anilines is 2. The molecule has 1 unspecified atom stereocenters. The van der Waals surface area contributed by atoms with Crippen LogP contribution in [0, 0.1) is 5.41 Å². The third-order valence-electron chi connectivity index (χ3n) is 4.89. The predicted octanol–water partition coefficient (Wildman–Crippen LogP) is 4.67. The van der Waals surface area contributed by atoms with Gasteiger partial charge in [0.05, 0.1) is 23.0 Å². The summed E-state index contributed by atoms with van der Waals surface area (Å²) in [6, 6.07) is 8.75. The molecule has 0 radical (unpaired) electrons. The number of carbonyl (C=O) groups excluding carboxylic acids is 1. The molecule has 0 bridgehead atoms. The lowest BCUT2D eigenvalue weighted by Crippen LogP contribution is -2.31. The van der Waals surface area contributed by atoms with E-state index in [1.165, 1.54) is 0 Å². The Morgan fingerprint density at radius 3 is 2.73 bits per heavy atom. The molecule has 4 rings (SSSR count). The summed E-state index contributed by atoms with van der Waals surface area (Å²) in [7, 11) is 0. The number of rotatable bonds is 2. The van der Waals surface area contributed by atoms with Crippen molar-refractivity contribution in [2.45, 2.75) is 32.7 Å². The van der Waals surface area contributed by atoms with Gasteiger partial charge in [0.15, 0.2) is 5.78 Å². The Balaban J connectivity index is 1.88. The fourth-order valence-electron chi connectivity index (χ4n) is 3.75. The van der Waals surface area contributed by atoms with Crippen molar-refractivity contribution in [1.82, 2.24) is 0 Å².